The lowest BCUT2D eigenvalue weighted by atomic mass is 9.80. The van der Waals surface area contributed by atoms with Crippen LogP contribution in [0.1, 0.15) is 13.8 Å². The van der Waals surface area contributed by atoms with Crippen LogP contribution in [0.15, 0.2) is 0 Å². The van der Waals surface area contributed by atoms with Gasteiger partial charge in [-0.1, -0.05) is 13.8 Å². The van der Waals surface area contributed by atoms with Crippen LogP contribution in [0.2, 0.25) is 0 Å². The zero-order valence-electron chi connectivity index (χ0n) is 6.73. The number of carbonyl (C=O) groups excluding carboxylic acids is 1. The molecule has 1 aliphatic heterocycles. The Kier molecular flexibility index (Phi) is 1.94. The van der Waals surface area contributed by atoms with Crippen molar-refractivity contribution in [2.75, 3.05) is 6.61 Å². The topological polar surface area (TPSA) is 26.3 Å². The van der Waals surface area contributed by atoms with Crippen LogP contribution >= 0.6 is 0 Å². The van der Waals surface area contributed by atoms with Crippen LogP contribution in [0.5, 0.6) is 0 Å². The van der Waals surface area contributed by atoms with Crippen molar-refractivity contribution in [3.63, 3.8) is 0 Å². The van der Waals surface area contributed by atoms with Gasteiger partial charge in [0.25, 0.3) is 5.78 Å². The normalized spacial score (nSPS) is 27.9. The molecule has 1 aliphatic rings. The fraction of sp³-hybridized carbons (Fsp3) is 0.857. The minimum atomic E-state index is -4.78. The lowest BCUT2D eigenvalue weighted by Gasteiger charge is -2.42. The summed E-state index contributed by atoms with van der Waals surface area (Å²) < 4.78 is 40.1. The maximum absolute atomic E-state index is 11.8. The average Bonchev–Trinajstić information content (AvgIpc) is 1.83. The molecule has 0 radical (unpaired) electrons. The fourth-order valence-electron chi connectivity index (χ4n) is 1.08. The Hall–Kier alpha value is -0.580. The van der Waals surface area contributed by atoms with E-state index in [1.807, 2.05) is 0 Å². The Bertz CT molecular complexity index is 207. The number of hydrogen-bond donors (Lipinski definition) is 0. The molecular formula is C7H9F3O2. The van der Waals surface area contributed by atoms with Crippen LogP contribution in [0.25, 0.3) is 0 Å². The van der Waals surface area contributed by atoms with Crippen molar-refractivity contribution in [1.82, 2.24) is 0 Å². The third-order valence-corrected chi connectivity index (χ3v) is 1.85. The molecule has 1 unspecified atom stereocenters. The Morgan fingerprint density at radius 1 is 1.50 bits per heavy atom. The van der Waals surface area contributed by atoms with Crippen molar-refractivity contribution in [2.45, 2.75) is 26.1 Å². The summed E-state index contributed by atoms with van der Waals surface area (Å²) in [6, 6.07) is 0. The summed E-state index contributed by atoms with van der Waals surface area (Å²) in [6.07, 6.45) is -6.08. The van der Waals surface area contributed by atoms with Crippen LogP contribution in [0.3, 0.4) is 0 Å². The Morgan fingerprint density at radius 2 is 2.00 bits per heavy atom. The van der Waals surface area contributed by atoms with Crippen molar-refractivity contribution in [3.05, 3.63) is 0 Å². The molecule has 1 saturated heterocycles. The van der Waals surface area contributed by atoms with Gasteiger partial charge in [-0.3, -0.25) is 4.79 Å². The van der Waals surface area contributed by atoms with Crippen LogP contribution in [0, 0.1) is 5.41 Å². The van der Waals surface area contributed by atoms with Gasteiger partial charge in [-0.2, -0.15) is 13.2 Å². The number of rotatable bonds is 1. The van der Waals surface area contributed by atoms with Gasteiger partial charge in [0.15, 0.2) is 0 Å². The van der Waals surface area contributed by atoms with E-state index in [-0.39, 0.29) is 6.61 Å². The zero-order valence-corrected chi connectivity index (χ0v) is 6.73. The van der Waals surface area contributed by atoms with Gasteiger partial charge in [0, 0.05) is 5.41 Å². The minimum Gasteiger partial charge on any atom is -0.369 e. The summed E-state index contributed by atoms with van der Waals surface area (Å²) in [5.74, 6) is -1.78. The van der Waals surface area contributed by atoms with Crippen LogP contribution < -0.4 is 0 Å². The Morgan fingerprint density at radius 3 is 2.08 bits per heavy atom. The molecule has 70 valence electrons. The van der Waals surface area contributed by atoms with E-state index in [0.29, 0.717) is 0 Å². The number of hydrogen-bond acceptors (Lipinski definition) is 2. The van der Waals surface area contributed by atoms with Gasteiger partial charge in [-0.05, 0) is 0 Å². The first-order chi connectivity index (χ1) is 5.25. The molecule has 2 nitrogen and oxygen atoms in total. The second kappa shape index (κ2) is 2.45. The summed E-state index contributed by atoms with van der Waals surface area (Å²) in [5.41, 5.74) is -0.674. The van der Waals surface area contributed by atoms with Gasteiger partial charge < -0.3 is 4.74 Å². The minimum absolute atomic E-state index is 0.208. The third kappa shape index (κ3) is 1.46. The molecule has 0 aromatic heterocycles. The maximum atomic E-state index is 11.8. The van der Waals surface area contributed by atoms with E-state index < -0.39 is 23.5 Å². The van der Waals surface area contributed by atoms with E-state index in [9.17, 15) is 18.0 Å². The molecule has 0 aromatic rings. The fourth-order valence-corrected chi connectivity index (χ4v) is 1.08. The SMILES string of the molecule is CC1(C)COC1C(=O)C(F)(F)F. The molecule has 1 atom stereocenters. The second-order valence-electron chi connectivity index (χ2n) is 3.54. The van der Waals surface area contributed by atoms with E-state index in [4.69, 9.17) is 0 Å². The predicted octanol–water partition coefficient (Wildman–Crippen LogP) is 1.54. The summed E-state index contributed by atoms with van der Waals surface area (Å²) in [6.45, 7) is 3.36. The predicted molar refractivity (Wildman–Crippen MR) is 34.6 cm³/mol. The van der Waals surface area contributed by atoms with Crippen LogP contribution in [-0.4, -0.2) is 24.7 Å². The van der Waals surface area contributed by atoms with Gasteiger partial charge >= 0.3 is 6.18 Å². The van der Waals surface area contributed by atoms with Crippen molar-refractivity contribution in [3.8, 4) is 0 Å². The Balaban J connectivity index is 2.67. The first kappa shape index (κ1) is 9.51. The molecule has 0 spiro atoms. The summed E-state index contributed by atoms with van der Waals surface area (Å²) in [5, 5.41) is 0. The number of alkyl halides is 3. The molecule has 1 fully saturated rings. The molecule has 1 rings (SSSR count). The maximum Gasteiger partial charge on any atom is 0.452 e. The van der Waals surface area contributed by atoms with E-state index in [1.165, 1.54) is 0 Å². The number of halogens is 3. The van der Waals surface area contributed by atoms with Crippen molar-refractivity contribution in [1.29, 1.82) is 0 Å². The van der Waals surface area contributed by atoms with Crippen molar-refractivity contribution < 1.29 is 22.7 Å². The number of Topliss-reactive ketones (excluding diaryl/α,β-unsaturated/α-hetero) is 1. The van der Waals surface area contributed by atoms with Gasteiger partial charge in [-0.25, -0.2) is 0 Å². The first-order valence-electron chi connectivity index (χ1n) is 3.48. The quantitative estimate of drug-likeness (QED) is 0.614. The molecule has 0 N–H and O–H groups in total. The van der Waals surface area contributed by atoms with E-state index >= 15 is 0 Å². The monoisotopic (exact) mass is 182 g/mol. The van der Waals surface area contributed by atoms with Crippen molar-refractivity contribution in [2.24, 2.45) is 5.41 Å². The van der Waals surface area contributed by atoms with Gasteiger partial charge in [0.1, 0.15) is 6.10 Å². The molecule has 0 aliphatic carbocycles. The molecule has 5 heteroatoms. The highest BCUT2D eigenvalue weighted by atomic mass is 19.4. The molecular weight excluding hydrogens is 173 g/mol. The lowest BCUT2D eigenvalue weighted by Crippen LogP contribution is -2.56. The largest absolute Gasteiger partial charge is 0.452 e. The third-order valence-electron chi connectivity index (χ3n) is 1.85. The van der Waals surface area contributed by atoms with Crippen LogP contribution in [0.4, 0.5) is 13.2 Å². The number of carbonyl (C=O) groups is 1. The van der Waals surface area contributed by atoms with Crippen LogP contribution in [-0.2, 0) is 9.53 Å². The van der Waals surface area contributed by atoms with Gasteiger partial charge in [0.05, 0.1) is 6.61 Å². The molecule has 0 amide bonds. The number of ketones is 1. The van der Waals surface area contributed by atoms with Gasteiger partial charge in [0.2, 0.25) is 0 Å². The summed E-state index contributed by atoms with van der Waals surface area (Å²) >= 11 is 0. The zero-order chi connectivity index (χ0) is 9.57. The molecule has 0 aromatic carbocycles. The Labute approximate surface area is 67.7 Å². The van der Waals surface area contributed by atoms with Crippen molar-refractivity contribution >= 4 is 5.78 Å². The van der Waals surface area contributed by atoms with E-state index in [1.54, 1.807) is 13.8 Å². The first-order valence-corrected chi connectivity index (χ1v) is 3.48. The summed E-state index contributed by atoms with van der Waals surface area (Å²) in [7, 11) is 0. The molecule has 12 heavy (non-hydrogen) atoms. The number of ether oxygens (including phenoxy) is 1. The molecule has 0 bridgehead atoms. The average molecular weight is 182 g/mol. The standard InChI is InChI=1S/C7H9F3O2/c1-6(2)3-12-5(6)4(11)7(8,9)10/h5H,3H2,1-2H3. The smallest absolute Gasteiger partial charge is 0.369 e. The highest BCUT2D eigenvalue weighted by molar-refractivity contribution is 5.89. The lowest BCUT2D eigenvalue weighted by molar-refractivity contribution is -0.218. The summed E-state index contributed by atoms with van der Waals surface area (Å²) in [4.78, 5) is 10.6. The highest BCUT2D eigenvalue weighted by Gasteiger charge is 2.54. The van der Waals surface area contributed by atoms with E-state index in [2.05, 4.69) is 4.74 Å². The second-order valence-corrected chi connectivity index (χ2v) is 3.54. The molecule has 0 saturated carbocycles. The van der Waals surface area contributed by atoms with E-state index in [0.717, 1.165) is 0 Å². The van der Waals surface area contributed by atoms with Gasteiger partial charge in [-0.15, -0.1) is 0 Å². The molecule has 1 heterocycles. The highest BCUT2D eigenvalue weighted by Crippen LogP contribution is 2.37.